The highest BCUT2D eigenvalue weighted by Gasteiger charge is 2.15. The minimum atomic E-state index is 0. The van der Waals surface area contributed by atoms with Crippen LogP contribution in [-0.2, 0) is 0 Å². The van der Waals surface area contributed by atoms with E-state index in [1.54, 1.807) is 24.8 Å². The summed E-state index contributed by atoms with van der Waals surface area (Å²) in [4.78, 5) is 15.9. The van der Waals surface area contributed by atoms with E-state index < -0.39 is 0 Å². The normalized spacial score (nSPS) is 10.6. The summed E-state index contributed by atoms with van der Waals surface area (Å²) in [6, 6.07) is 5.81. The maximum Gasteiger partial charge on any atom is 0.227 e. The molecule has 4 rings (SSSR count). The Morgan fingerprint density at radius 1 is 1.08 bits per heavy atom. The summed E-state index contributed by atoms with van der Waals surface area (Å²) in [5.41, 5.74) is 5.40. The fourth-order valence-electron chi connectivity index (χ4n) is 2.67. The highest BCUT2D eigenvalue weighted by atomic mass is 16.5. The number of nitrogens with zero attached hydrogens (tertiary/aromatic N) is 4. The van der Waals surface area contributed by atoms with Crippen molar-refractivity contribution in [3.05, 3.63) is 48.4 Å². The van der Waals surface area contributed by atoms with Crippen molar-refractivity contribution in [1.82, 2.24) is 25.1 Å². The van der Waals surface area contributed by atoms with Crippen LogP contribution >= 0.6 is 0 Å². The van der Waals surface area contributed by atoms with Gasteiger partial charge >= 0.3 is 0 Å². The van der Waals surface area contributed by atoms with Crippen molar-refractivity contribution in [3.8, 4) is 11.1 Å². The Morgan fingerprint density at radius 2 is 1.88 bits per heavy atom. The third kappa shape index (κ3) is 2.60. The summed E-state index contributed by atoms with van der Waals surface area (Å²) < 4.78 is 5.28. The number of aryl methyl sites for hydroxylation is 2. The Morgan fingerprint density at radius 3 is 2.58 bits per heavy atom. The molecule has 0 aliphatic rings. The van der Waals surface area contributed by atoms with E-state index in [1.165, 1.54) is 0 Å². The number of fused-ring (bicyclic) bond motifs is 1. The predicted octanol–water partition coefficient (Wildman–Crippen LogP) is 4.00. The van der Waals surface area contributed by atoms with Gasteiger partial charge in [0.2, 0.25) is 5.95 Å². The number of benzene rings is 1. The Balaban J connectivity index is 0.00000169. The largest absolute Gasteiger partial charge is 0.361 e. The highest BCUT2D eigenvalue weighted by molar-refractivity contribution is 5.94. The van der Waals surface area contributed by atoms with Gasteiger partial charge in [0.15, 0.2) is 0 Å². The van der Waals surface area contributed by atoms with Crippen LogP contribution in [0.3, 0.4) is 0 Å². The SMILES string of the molecule is C.Cc1noc(C)c1-c1cc(Nc2ncccn2)c2nc[nH]c2c1. The molecule has 7 nitrogen and oxygen atoms in total. The summed E-state index contributed by atoms with van der Waals surface area (Å²) in [5.74, 6) is 1.30. The van der Waals surface area contributed by atoms with E-state index in [2.05, 4.69) is 30.4 Å². The van der Waals surface area contributed by atoms with Gasteiger partial charge in [-0.2, -0.15) is 0 Å². The van der Waals surface area contributed by atoms with Crippen LogP contribution in [0, 0.1) is 13.8 Å². The fourth-order valence-corrected chi connectivity index (χ4v) is 2.67. The van der Waals surface area contributed by atoms with E-state index in [1.807, 2.05) is 26.0 Å². The first-order chi connectivity index (χ1) is 11.2. The summed E-state index contributed by atoms with van der Waals surface area (Å²) >= 11 is 0. The number of aromatic amines is 1. The monoisotopic (exact) mass is 322 g/mol. The number of nitrogens with one attached hydrogen (secondary N) is 2. The van der Waals surface area contributed by atoms with Gasteiger partial charge in [-0.15, -0.1) is 0 Å². The van der Waals surface area contributed by atoms with Gasteiger partial charge in [-0.1, -0.05) is 12.6 Å². The molecule has 0 saturated carbocycles. The molecule has 24 heavy (non-hydrogen) atoms. The van der Waals surface area contributed by atoms with E-state index in [0.29, 0.717) is 5.95 Å². The molecular formula is C17H18N6O. The lowest BCUT2D eigenvalue weighted by Gasteiger charge is -2.08. The molecular weight excluding hydrogens is 304 g/mol. The molecule has 3 aromatic heterocycles. The second-order valence-electron chi connectivity index (χ2n) is 5.22. The second-order valence-corrected chi connectivity index (χ2v) is 5.22. The van der Waals surface area contributed by atoms with Gasteiger partial charge in [-0.05, 0) is 37.6 Å². The van der Waals surface area contributed by atoms with Crippen LogP contribution in [0.25, 0.3) is 22.2 Å². The lowest BCUT2D eigenvalue weighted by molar-refractivity contribution is 0.393. The van der Waals surface area contributed by atoms with Crippen LogP contribution in [0.4, 0.5) is 11.6 Å². The summed E-state index contributed by atoms with van der Waals surface area (Å²) in [5, 5.41) is 7.25. The molecule has 2 N–H and O–H groups in total. The molecule has 0 amide bonds. The average Bonchev–Trinajstić information content (AvgIpc) is 3.15. The first-order valence-electron chi connectivity index (χ1n) is 7.17. The number of H-pyrrole nitrogens is 1. The zero-order valence-corrected chi connectivity index (χ0v) is 12.7. The summed E-state index contributed by atoms with van der Waals surface area (Å²) in [6.07, 6.45) is 5.04. The highest BCUT2D eigenvalue weighted by Crippen LogP contribution is 2.33. The maximum absolute atomic E-state index is 5.28. The van der Waals surface area contributed by atoms with E-state index in [9.17, 15) is 0 Å². The van der Waals surface area contributed by atoms with Crippen molar-refractivity contribution in [2.75, 3.05) is 5.32 Å². The van der Waals surface area contributed by atoms with Crippen LogP contribution in [0.2, 0.25) is 0 Å². The van der Waals surface area contributed by atoms with E-state index in [4.69, 9.17) is 4.52 Å². The predicted molar refractivity (Wildman–Crippen MR) is 93.1 cm³/mol. The minimum Gasteiger partial charge on any atom is -0.361 e. The number of anilines is 2. The molecule has 0 saturated heterocycles. The molecule has 0 fully saturated rings. The van der Waals surface area contributed by atoms with Crippen molar-refractivity contribution in [1.29, 1.82) is 0 Å². The molecule has 0 unspecified atom stereocenters. The van der Waals surface area contributed by atoms with Crippen molar-refractivity contribution < 1.29 is 4.52 Å². The van der Waals surface area contributed by atoms with Gasteiger partial charge < -0.3 is 14.8 Å². The molecule has 122 valence electrons. The van der Waals surface area contributed by atoms with Gasteiger partial charge in [0, 0.05) is 18.0 Å². The molecule has 0 bridgehead atoms. The van der Waals surface area contributed by atoms with E-state index in [0.717, 1.165) is 39.3 Å². The molecule has 0 aliphatic carbocycles. The molecule has 0 spiro atoms. The fraction of sp³-hybridized carbons (Fsp3) is 0.176. The van der Waals surface area contributed by atoms with E-state index >= 15 is 0 Å². The zero-order valence-electron chi connectivity index (χ0n) is 12.7. The van der Waals surface area contributed by atoms with E-state index in [-0.39, 0.29) is 7.43 Å². The Hall–Kier alpha value is -3.22. The van der Waals surface area contributed by atoms with Gasteiger partial charge in [-0.25, -0.2) is 15.0 Å². The number of imidazole rings is 1. The first-order valence-corrected chi connectivity index (χ1v) is 7.17. The molecule has 0 atom stereocenters. The standard InChI is InChI=1S/C16H14N6O.CH4/c1-9-14(10(2)23-22-9)11-6-12-15(20-8-19-12)13(7-11)21-16-17-4-3-5-18-16;/h3-8H,1-2H3,(H,19,20)(H,17,18,21);1H4. The topological polar surface area (TPSA) is 92.5 Å². The molecule has 3 heterocycles. The lowest BCUT2D eigenvalue weighted by Crippen LogP contribution is -1.97. The van der Waals surface area contributed by atoms with Crippen LogP contribution in [0.1, 0.15) is 18.9 Å². The van der Waals surface area contributed by atoms with Crippen molar-refractivity contribution in [2.45, 2.75) is 21.3 Å². The second kappa shape index (κ2) is 6.11. The molecule has 7 heteroatoms. The number of hydrogen-bond donors (Lipinski definition) is 2. The molecule has 0 radical (unpaired) electrons. The van der Waals surface area contributed by atoms with Crippen LogP contribution < -0.4 is 5.32 Å². The Bertz CT molecular complexity index is 954. The quantitative estimate of drug-likeness (QED) is 0.592. The maximum atomic E-state index is 5.28. The van der Waals surface area contributed by atoms with Crippen LogP contribution in [-0.4, -0.2) is 25.1 Å². The van der Waals surface area contributed by atoms with Gasteiger partial charge in [0.1, 0.15) is 11.3 Å². The third-order valence-corrected chi connectivity index (χ3v) is 3.66. The third-order valence-electron chi connectivity index (χ3n) is 3.66. The van der Waals surface area contributed by atoms with Gasteiger partial charge in [-0.3, -0.25) is 0 Å². The molecule has 1 aromatic carbocycles. The molecule has 0 aliphatic heterocycles. The number of rotatable bonds is 3. The summed E-state index contributed by atoms with van der Waals surface area (Å²) in [7, 11) is 0. The van der Waals surface area contributed by atoms with Gasteiger partial charge in [0.05, 0.1) is 23.2 Å². The average molecular weight is 322 g/mol. The van der Waals surface area contributed by atoms with Crippen LogP contribution in [0.15, 0.2) is 41.4 Å². The van der Waals surface area contributed by atoms with Crippen molar-refractivity contribution in [2.24, 2.45) is 0 Å². The Labute approximate surface area is 139 Å². The lowest BCUT2D eigenvalue weighted by atomic mass is 10.0. The first kappa shape index (κ1) is 15.7. The summed E-state index contributed by atoms with van der Waals surface area (Å²) in [6.45, 7) is 3.83. The molecule has 4 aromatic rings. The zero-order chi connectivity index (χ0) is 15.8. The van der Waals surface area contributed by atoms with Crippen LogP contribution in [0.5, 0.6) is 0 Å². The van der Waals surface area contributed by atoms with Gasteiger partial charge in [0.25, 0.3) is 0 Å². The smallest absolute Gasteiger partial charge is 0.227 e. The number of hydrogen-bond acceptors (Lipinski definition) is 6. The number of aromatic nitrogens is 5. The Kier molecular flexibility index (Phi) is 3.99. The van der Waals surface area contributed by atoms with Crippen molar-refractivity contribution in [3.63, 3.8) is 0 Å². The van der Waals surface area contributed by atoms with Crippen molar-refractivity contribution >= 4 is 22.7 Å². The minimum absolute atomic E-state index is 0.